The van der Waals surface area contributed by atoms with Crippen LogP contribution in [0.4, 0.5) is 0 Å². The fourth-order valence-corrected chi connectivity index (χ4v) is 1.83. The Balaban J connectivity index is 2.68. The first kappa shape index (κ1) is 11.3. The van der Waals surface area contributed by atoms with Gasteiger partial charge in [0.05, 0.1) is 5.56 Å². The van der Waals surface area contributed by atoms with Crippen molar-refractivity contribution in [3.8, 4) is 11.1 Å². The van der Waals surface area contributed by atoms with Crippen molar-refractivity contribution in [1.29, 1.82) is 0 Å². The van der Waals surface area contributed by atoms with Gasteiger partial charge in [0, 0.05) is 12.4 Å². The fourth-order valence-electron chi connectivity index (χ4n) is 1.83. The standard InChI is InChI=1S/C14H13NO2/c1-9-3-4-10(2)12(7-9)11-5-6-15-8-13(11)14(16)17/h3-8H,1-2H3,(H,16,17). The summed E-state index contributed by atoms with van der Waals surface area (Å²) in [4.78, 5) is 15.0. The molecule has 1 aromatic carbocycles. The number of aryl methyl sites for hydroxylation is 2. The lowest BCUT2D eigenvalue weighted by atomic mass is 9.96. The molecule has 0 aliphatic heterocycles. The Kier molecular flexibility index (Phi) is 2.91. The Hall–Kier alpha value is -2.16. The van der Waals surface area contributed by atoms with Crippen LogP contribution < -0.4 is 0 Å². The first-order valence-corrected chi connectivity index (χ1v) is 5.34. The predicted molar refractivity (Wildman–Crippen MR) is 66.1 cm³/mol. The number of benzene rings is 1. The molecule has 1 aromatic heterocycles. The molecule has 3 heteroatoms. The molecule has 0 bridgehead atoms. The molecular formula is C14H13NO2. The molecule has 86 valence electrons. The number of aromatic nitrogens is 1. The van der Waals surface area contributed by atoms with Gasteiger partial charge < -0.3 is 5.11 Å². The minimum absolute atomic E-state index is 0.237. The second kappa shape index (κ2) is 4.37. The summed E-state index contributed by atoms with van der Waals surface area (Å²) in [6.45, 7) is 3.96. The van der Waals surface area contributed by atoms with Crippen LogP contribution in [0.25, 0.3) is 11.1 Å². The molecule has 3 nitrogen and oxygen atoms in total. The van der Waals surface area contributed by atoms with Crippen molar-refractivity contribution in [3.05, 3.63) is 53.3 Å². The normalized spacial score (nSPS) is 10.2. The van der Waals surface area contributed by atoms with Crippen molar-refractivity contribution < 1.29 is 9.90 Å². The molecule has 0 unspecified atom stereocenters. The number of rotatable bonds is 2. The van der Waals surface area contributed by atoms with Crippen LogP contribution in [-0.4, -0.2) is 16.1 Å². The highest BCUT2D eigenvalue weighted by molar-refractivity contribution is 5.96. The molecule has 0 atom stereocenters. The van der Waals surface area contributed by atoms with Crippen molar-refractivity contribution in [2.75, 3.05) is 0 Å². The zero-order chi connectivity index (χ0) is 12.4. The molecule has 0 radical (unpaired) electrons. The zero-order valence-electron chi connectivity index (χ0n) is 9.77. The molecule has 0 spiro atoms. The van der Waals surface area contributed by atoms with Gasteiger partial charge >= 0.3 is 5.97 Å². The number of carboxylic acids is 1. The molecule has 2 rings (SSSR count). The number of carboxylic acid groups (broad SMARTS) is 1. The van der Waals surface area contributed by atoms with E-state index >= 15 is 0 Å². The van der Waals surface area contributed by atoms with Crippen molar-refractivity contribution >= 4 is 5.97 Å². The van der Waals surface area contributed by atoms with E-state index < -0.39 is 5.97 Å². The highest BCUT2D eigenvalue weighted by atomic mass is 16.4. The van der Waals surface area contributed by atoms with E-state index in [2.05, 4.69) is 4.98 Å². The van der Waals surface area contributed by atoms with Crippen LogP contribution in [0.3, 0.4) is 0 Å². The molecule has 1 N–H and O–H groups in total. The molecule has 17 heavy (non-hydrogen) atoms. The molecule has 0 aliphatic rings. The van der Waals surface area contributed by atoms with Gasteiger partial charge in [0.15, 0.2) is 0 Å². The van der Waals surface area contributed by atoms with Gasteiger partial charge in [-0.1, -0.05) is 23.8 Å². The van der Waals surface area contributed by atoms with Crippen LogP contribution in [0, 0.1) is 13.8 Å². The summed E-state index contributed by atoms with van der Waals surface area (Å²) in [6.07, 6.45) is 3.00. The summed E-state index contributed by atoms with van der Waals surface area (Å²) < 4.78 is 0. The maximum atomic E-state index is 11.2. The van der Waals surface area contributed by atoms with Crippen LogP contribution in [0.5, 0.6) is 0 Å². The maximum Gasteiger partial charge on any atom is 0.337 e. The lowest BCUT2D eigenvalue weighted by Crippen LogP contribution is -2.01. The number of pyridine rings is 1. The molecule has 0 fully saturated rings. The molecule has 0 saturated heterocycles. The molecule has 1 heterocycles. The molecule has 0 aliphatic carbocycles. The third-order valence-electron chi connectivity index (χ3n) is 2.73. The van der Waals surface area contributed by atoms with E-state index in [1.165, 1.54) is 6.20 Å². The van der Waals surface area contributed by atoms with Crippen LogP contribution in [0.1, 0.15) is 21.5 Å². The summed E-state index contributed by atoms with van der Waals surface area (Å²) in [5.74, 6) is -0.950. The molecular weight excluding hydrogens is 214 g/mol. The first-order chi connectivity index (χ1) is 8.09. The second-order valence-corrected chi connectivity index (χ2v) is 4.04. The summed E-state index contributed by atoms with van der Waals surface area (Å²) in [7, 11) is 0. The van der Waals surface area contributed by atoms with Gasteiger partial charge in [-0.2, -0.15) is 0 Å². The van der Waals surface area contributed by atoms with Crippen molar-refractivity contribution in [1.82, 2.24) is 4.98 Å². The Bertz CT molecular complexity index is 576. The van der Waals surface area contributed by atoms with Crippen LogP contribution in [-0.2, 0) is 0 Å². The number of hydrogen-bond acceptors (Lipinski definition) is 2. The van der Waals surface area contributed by atoms with Gasteiger partial charge in [0.2, 0.25) is 0 Å². The van der Waals surface area contributed by atoms with E-state index in [9.17, 15) is 4.79 Å². The number of carbonyl (C=O) groups is 1. The van der Waals surface area contributed by atoms with Crippen LogP contribution in [0.15, 0.2) is 36.7 Å². The van der Waals surface area contributed by atoms with Crippen molar-refractivity contribution in [2.45, 2.75) is 13.8 Å². The number of hydrogen-bond donors (Lipinski definition) is 1. The monoisotopic (exact) mass is 227 g/mol. The van der Waals surface area contributed by atoms with Gasteiger partial charge in [-0.15, -0.1) is 0 Å². The predicted octanol–water partition coefficient (Wildman–Crippen LogP) is 3.06. The summed E-state index contributed by atoms with van der Waals surface area (Å²) in [5, 5.41) is 9.15. The van der Waals surface area contributed by atoms with Gasteiger partial charge in [-0.3, -0.25) is 4.98 Å². The largest absolute Gasteiger partial charge is 0.478 e. The minimum Gasteiger partial charge on any atom is -0.478 e. The summed E-state index contributed by atoms with van der Waals surface area (Å²) in [6, 6.07) is 7.75. The van der Waals surface area contributed by atoms with Gasteiger partial charge in [0.1, 0.15) is 0 Å². The van der Waals surface area contributed by atoms with E-state index in [0.29, 0.717) is 5.56 Å². The SMILES string of the molecule is Cc1ccc(C)c(-c2ccncc2C(=O)O)c1. The average Bonchev–Trinajstić information content (AvgIpc) is 2.32. The fraction of sp³-hybridized carbons (Fsp3) is 0.143. The average molecular weight is 227 g/mol. The number of nitrogens with zero attached hydrogens (tertiary/aromatic N) is 1. The highest BCUT2D eigenvalue weighted by Gasteiger charge is 2.13. The quantitative estimate of drug-likeness (QED) is 0.857. The van der Waals surface area contributed by atoms with Crippen LogP contribution >= 0.6 is 0 Å². The van der Waals surface area contributed by atoms with E-state index in [4.69, 9.17) is 5.11 Å². The summed E-state index contributed by atoms with van der Waals surface area (Å²) >= 11 is 0. The topological polar surface area (TPSA) is 50.2 Å². The summed E-state index contributed by atoms with van der Waals surface area (Å²) in [5.41, 5.74) is 4.07. The van der Waals surface area contributed by atoms with Gasteiger partial charge in [-0.25, -0.2) is 4.79 Å². The molecule has 0 amide bonds. The third kappa shape index (κ3) is 2.18. The van der Waals surface area contributed by atoms with Crippen LogP contribution in [0.2, 0.25) is 0 Å². The lowest BCUT2D eigenvalue weighted by Gasteiger charge is -2.09. The van der Waals surface area contributed by atoms with Crippen molar-refractivity contribution in [3.63, 3.8) is 0 Å². The zero-order valence-corrected chi connectivity index (χ0v) is 9.77. The van der Waals surface area contributed by atoms with E-state index in [1.807, 2.05) is 32.0 Å². The second-order valence-electron chi connectivity index (χ2n) is 4.04. The number of aromatic carboxylic acids is 1. The Morgan fingerprint density at radius 2 is 1.94 bits per heavy atom. The molecule has 2 aromatic rings. The Morgan fingerprint density at radius 3 is 2.65 bits per heavy atom. The first-order valence-electron chi connectivity index (χ1n) is 5.34. The van der Waals surface area contributed by atoms with Gasteiger partial charge in [-0.05, 0) is 36.6 Å². The maximum absolute atomic E-state index is 11.2. The van der Waals surface area contributed by atoms with Crippen molar-refractivity contribution in [2.24, 2.45) is 0 Å². The third-order valence-corrected chi connectivity index (χ3v) is 2.73. The Labute approximate surface area is 99.8 Å². The minimum atomic E-state index is -0.950. The highest BCUT2D eigenvalue weighted by Crippen LogP contribution is 2.27. The lowest BCUT2D eigenvalue weighted by molar-refractivity contribution is 0.0697. The van der Waals surface area contributed by atoms with E-state index in [-0.39, 0.29) is 5.56 Å². The van der Waals surface area contributed by atoms with Gasteiger partial charge in [0.25, 0.3) is 0 Å². The molecule has 0 saturated carbocycles. The van der Waals surface area contributed by atoms with E-state index in [1.54, 1.807) is 12.3 Å². The van der Waals surface area contributed by atoms with E-state index in [0.717, 1.165) is 16.7 Å². The smallest absolute Gasteiger partial charge is 0.337 e. The Morgan fingerprint density at radius 1 is 1.18 bits per heavy atom.